The van der Waals surface area contributed by atoms with Gasteiger partial charge in [-0.15, -0.1) is 5.26 Å². The summed E-state index contributed by atoms with van der Waals surface area (Å²) < 4.78 is 4.77. The normalized spacial score (nSPS) is 20.1. The van der Waals surface area contributed by atoms with Gasteiger partial charge in [-0.3, -0.25) is 9.63 Å². The van der Waals surface area contributed by atoms with Crippen LogP contribution in [0.2, 0.25) is 0 Å². The minimum Gasteiger partial charge on any atom is -0.461 e. The average Bonchev–Trinajstić information content (AvgIpc) is 2.62. The standard InChI is InChI=1S/C10H13N3O4/c1-3-16-10(15)8(12-17-6-11)7-4-5-13(2)9(7)14/h7H,3-5H2,1-2H3/b12-8-. The molecule has 0 aromatic heterocycles. The number of likely N-dealkylation sites (tertiary alicyclic amines) is 1. The van der Waals surface area contributed by atoms with Gasteiger partial charge < -0.3 is 9.64 Å². The fourth-order valence-corrected chi connectivity index (χ4v) is 1.59. The number of nitrogens with zero attached hydrogens (tertiary/aromatic N) is 3. The molecule has 92 valence electrons. The fourth-order valence-electron chi connectivity index (χ4n) is 1.59. The molecule has 0 bridgehead atoms. The molecule has 0 radical (unpaired) electrons. The molecule has 17 heavy (non-hydrogen) atoms. The summed E-state index contributed by atoms with van der Waals surface area (Å²) in [4.78, 5) is 29.0. The number of hydrogen-bond acceptors (Lipinski definition) is 6. The Morgan fingerprint density at radius 2 is 2.41 bits per heavy atom. The molecule has 1 amide bonds. The van der Waals surface area contributed by atoms with Crippen LogP contribution in [-0.4, -0.2) is 42.7 Å². The van der Waals surface area contributed by atoms with Gasteiger partial charge in [0.25, 0.3) is 0 Å². The lowest BCUT2D eigenvalue weighted by atomic mass is 10.0. The topological polar surface area (TPSA) is 92.0 Å². The molecule has 0 spiro atoms. The zero-order valence-corrected chi connectivity index (χ0v) is 9.67. The number of ether oxygens (including phenoxy) is 1. The lowest BCUT2D eigenvalue weighted by Crippen LogP contribution is -2.32. The van der Waals surface area contributed by atoms with Crippen molar-refractivity contribution in [3.05, 3.63) is 0 Å². The van der Waals surface area contributed by atoms with E-state index < -0.39 is 11.9 Å². The Bertz CT molecular complexity index is 386. The number of carbonyl (C=O) groups is 2. The predicted octanol–water partition coefficient (Wildman–Crippen LogP) is -0.119. The minimum atomic E-state index is -0.726. The molecular formula is C10H13N3O4. The summed E-state index contributed by atoms with van der Waals surface area (Å²) >= 11 is 0. The molecule has 0 aliphatic carbocycles. The van der Waals surface area contributed by atoms with Crippen molar-refractivity contribution in [2.24, 2.45) is 11.1 Å². The molecule has 0 N–H and O–H groups in total. The second kappa shape index (κ2) is 5.84. The van der Waals surface area contributed by atoms with Gasteiger partial charge >= 0.3 is 12.2 Å². The molecule has 1 unspecified atom stereocenters. The minimum absolute atomic E-state index is 0.150. The van der Waals surface area contributed by atoms with Crippen LogP contribution >= 0.6 is 0 Å². The molecule has 0 aromatic rings. The van der Waals surface area contributed by atoms with Crippen LogP contribution in [0.5, 0.6) is 0 Å². The van der Waals surface area contributed by atoms with Crippen LogP contribution < -0.4 is 0 Å². The highest BCUT2D eigenvalue weighted by Crippen LogP contribution is 2.19. The Morgan fingerprint density at radius 3 is 2.88 bits per heavy atom. The second-order valence-corrected chi connectivity index (χ2v) is 3.48. The molecular weight excluding hydrogens is 226 g/mol. The average molecular weight is 239 g/mol. The number of esters is 1. The number of hydrogen-bond donors (Lipinski definition) is 0. The van der Waals surface area contributed by atoms with E-state index in [0.717, 1.165) is 0 Å². The predicted molar refractivity (Wildman–Crippen MR) is 56.5 cm³/mol. The van der Waals surface area contributed by atoms with Crippen molar-refractivity contribution in [1.82, 2.24) is 4.90 Å². The van der Waals surface area contributed by atoms with Crippen LogP contribution in [0.15, 0.2) is 5.16 Å². The van der Waals surface area contributed by atoms with Crippen molar-refractivity contribution in [2.75, 3.05) is 20.2 Å². The first-order valence-corrected chi connectivity index (χ1v) is 5.16. The maximum absolute atomic E-state index is 11.7. The van der Waals surface area contributed by atoms with Gasteiger partial charge in [-0.2, -0.15) is 0 Å². The summed E-state index contributed by atoms with van der Waals surface area (Å²) in [6.07, 6.45) is 1.78. The zero-order valence-electron chi connectivity index (χ0n) is 9.67. The van der Waals surface area contributed by atoms with Crippen molar-refractivity contribution >= 4 is 17.6 Å². The molecule has 7 nitrogen and oxygen atoms in total. The van der Waals surface area contributed by atoms with E-state index in [1.807, 2.05) is 0 Å². The van der Waals surface area contributed by atoms with Crippen molar-refractivity contribution < 1.29 is 19.2 Å². The fraction of sp³-hybridized carbons (Fsp3) is 0.600. The Morgan fingerprint density at radius 1 is 1.71 bits per heavy atom. The van der Waals surface area contributed by atoms with Gasteiger partial charge in [0.05, 0.1) is 12.5 Å². The summed E-state index contributed by atoms with van der Waals surface area (Å²) in [5.74, 6) is -1.64. The van der Waals surface area contributed by atoms with Crippen LogP contribution in [0.25, 0.3) is 0 Å². The monoisotopic (exact) mass is 239 g/mol. The van der Waals surface area contributed by atoms with E-state index in [0.29, 0.717) is 13.0 Å². The Hall–Kier alpha value is -2.10. The summed E-state index contributed by atoms with van der Waals surface area (Å²) in [7, 11) is 1.64. The van der Waals surface area contributed by atoms with Crippen LogP contribution in [0, 0.1) is 17.4 Å². The third kappa shape index (κ3) is 2.93. The van der Waals surface area contributed by atoms with Crippen LogP contribution in [0.3, 0.4) is 0 Å². The summed E-state index contributed by atoms with van der Waals surface area (Å²) in [6.45, 7) is 2.35. The molecule has 1 fully saturated rings. The van der Waals surface area contributed by atoms with Crippen molar-refractivity contribution in [1.29, 1.82) is 5.26 Å². The lowest BCUT2D eigenvalue weighted by molar-refractivity contribution is -0.137. The van der Waals surface area contributed by atoms with E-state index in [1.165, 1.54) is 11.2 Å². The third-order valence-corrected chi connectivity index (χ3v) is 2.43. The molecule has 1 heterocycles. The first kappa shape index (κ1) is 13.0. The Labute approximate surface area is 98.6 Å². The van der Waals surface area contributed by atoms with Gasteiger partial charge in [0.1, 0.15) is 0 Å². The SMILES string of the molecule is CCOC(=O)/C(=N\OC#N)C1CCN(C)C1=O. The molecule has 1 saturated heterocycles. The van der Waals surface area contributed by atoms with Crippen LogP contribution in [-0.2, 0) is 19.2 Å². The van der Waals surface area contributed by atoms with Gasteiger partial charge in [0, 0.05) is 13.6 Å². The van der Waals surface area contributed by atoms with E-state index in [9.17, 15) is 9.59 Å². The van der Waals surface area contributed by atoms with E-state index >= 15 is 0 Å². The van der Waals surface area contributed by atoms with Crippen LogP contribution in [0.4, 0.5) is 0 Å². The largest absolute Gasteiger partial charge is 0.461 e. The van der Waals surface area contributed by atoms with Gasteiger partial charge in [0.15, 0.2) is 5.71 Å². The Kier molecular flexibility index (Phi) is 4.46. The molecule has 1 aliphatic rings. The number of amides is 1. The molecule has 1 atom stereocenters. The zero-order chi connectivity index (χ0) is 12.8. The molecule has 0 aromatic carbocycles. The van der Waals surface area contributed by atoms with Gasteiger partial charge in [-0.1, -0.05) is 5.16 Å². The highest BCUT2D eigenvalue weighted by molar-refractivity contribution is 6.41. The highest BCUT2D eigenvalue weighted by Gasteiger charge is 2.38. The second-order valence-electron chi connectivity index (χ2n) is 3.48. The van der Waals surface area contributed by atoms with Gasteiger partial charge in [0.2, 0.25) is 5.91 Å². The smallest absolute Gasteiger partial charge is 0.357 e. The first-order chi connectivity index (χ1) is 8.11. The number of carbonyl (C=O) groups excluding carboxylic acids is 2. The number of rotatable bonds is 4. The molecule has 0 saturated carbocycles. The van der Waals surface area contributed by atoms with E-state index in [1.54, 1.807) is 14.0 Å². The number of oxime groups is 1. The van der Waals surface area contributed by atoms with Crippen LogP contribution in [0.1, 0.15) is 13.3 Å². The van der Waals surface area contributed by atoms with Gasteiger partial charge in [-0.25, -0.2) is 4.79 Å². The molecule has 1 rings (SSSR count). The van der Waals surface area contributed by atoms with Crippen molar-refractivity contribution in [2.45, 2.75) is 13.3 Å². The number of nitriles is 1. The maximum Gasteiger partial charge on any atom is 0.357 e. The summed E-state index contributed by atoms with van der Waals surface area (Å²) in [5.41, 5.74) is -0.150. The van der Waals surface area contributed by atoms with Crippen molar-refractivity contribution in [3.8, 4) is 6.26 Å². The maximum atomic E-state index is 11.7. The van der Waals surface area contributed by atoms with E-state index in [2.05, 4.69) is 9.99 Å². The van der Waals surface area contributed by atoms with E-state index in [-0.39, 0.29) is 18.2 Å². The first-order valence-electron chi connectivity index (χ1n) is 5.16. The quantitative estimate of drug-likeness (QED) is 0.295. The van der Waals surface area contributed by atoms with Crippen molar-refractivity contribution in [3.63, 3.8) is 0 Å². The van der Waals surface area contributed by atoms with Gasteiger partial charge in [-0.05, 0) is 13.3 Å². The highest BCUT2D eigenvalue weighted by atomic mass is 16.6. The summed E-state index contributed by atoms with van der Waals surface area (Å²) in [5, 5.41) is 11.6. The third-order valence-electron chi connectivity index (χ3n) is 2.43. The lowest BCUT2D eigenvalue weighted by Gasteiger charge is -2.10. The Balaban J connectivity index is 2.88. The summed E-state index contributed by atoms with van der Waals surface area (Å²) in [6, 6.07) is 0. The molecule has 7 heteroatoms. The van der Waals surface area contributed by atoms with E-state index in [4.69, 9.17) is 10.00 Å². The molecule has 1 aliphatic heterocycles.